The Morgan fingerprint density at radius 3 is 2.00 bits per heavy atom. The van der Waals surface area contributed by atoms with Gasteiger partial charge in [-0.05, 0) is 36.6 Å². The van der Waals surface area contributed by atoms with Crippen LogP contribution >= 0.6 is 11.8 Å². The smallest absolute Gasteiger partial charge is 0.268 e. The number of anilines is 1. The molecule has 0 unspecified atom stereocenters. The van der Waals surface area contributed by atoms with Crippen molar-refractivity contribution >= 4 is 29.3 Å². The molecule has 1 aliphatic rings. The van der Waals surface area contributed by atoms with Crippen LogP contribution in [0.4, 0.5) is 18.9 Å². The van der Waals surface area contributed by atoms with Crippen molar-refractivity contribution in [3.8, 4) is 0 Å². The molecule has 2 aromatic rings. The van der Waals surface area contributed by atoms with Crippen molar-refractivity contribution in [2.45, 2.75) is 11.1 Å². The summed E-state index contributed by atoms with van der Waals surface area (Å²) < 4.78 is 40.0. The van der Waals surface area contributed by atoms with Crippen molar-refractivity contribution in [3.63, 3.8) is 0 Å². The molecular formula is C16H10F3NO2S. The summed E-state index contributed by atoms with van der Waals surface area (Å²) in [4.78, 5) is 25.7. The Hall–Kier alpha value is -2.28. The van der Waals surface area contributed by atoms with E-state index in [1.165, 1.54) is 18.2 Å². The lowest BCUT2D eigenvalue weighted by Crippen LogP contribution is -2.31. The first-order valence-electron chi connectivity index (χ1n) is 6.57. The van der Waals surface area contributed by atoms with E-state index >= 15 is 0 Å². The van der Waals surface area contributed by atoms with E-state index in [-0.39, 0.29) is 11.1 Å². The van der Waals surface area contributed by atoms with Crippen molar-refractivity contribution in [2.75, 3.05) is 11.2 Å². The van der Waals surface area contributed by atoms with E-state index in [2.05, 4.69) is 0 Å². The molecule has 2 aromatic carbocycles. The minimum absolute atomic E-state index is 0.111. The predicted octanol–water partition coefficient (Wildman–Crippen LogP) is 4.23. The summed E-state index contributed by atoms with van der Waals surface area (Å²) in [5, 5.41) is 0. The Labute approximate surface area is 134 Å². The summed E-state index contributed by atoms with van der Waals surface area (Å²) in [5.41, 5.74) is -1.22. The van der Waals surface area contributed by atoms with Crippen LogP contribution in [0.5, 0.6) is 0 Å². The third-order valence-corrected chi connectivity index (χ3v) is 4.27. The summed E-state index contributed by atoms with van der Waals surface area (Å²) >= 11 is 1.15. The summed E-state index contributed by atoms with van der Waals surface area (Å²) in [6, 6.07) is 9.56. The molecule has 0 radical (unpaired) electrons. The van der Waals surface area contributed by atoms with Crippen LogP contribution in [0.2, 0.25) is 0 Å². The number of hydrogen-bond acceptors (Lipinski definition) is 3. The number of thioether (sulfide) groups is 1. The second-order valence-corrected chi connectivity index (χ2v) is 5.75. The van der Waals surface area contributed by atoms with Gasteiger partial charge in [0.1, 0.15) is 0 Å². The number of hydrogen-bond donors (Lipinski definition) is 0. The molecule has 0 aliphatic carbocycles. The zero-order valence-electron chi connectivity index (χ0n) is 11.8. The van der Waals surface area contributed by atoms with Crippen molar-refractivity contribution in [1.82, 2.24) is 0 Å². The van der Waals surface area contributed by atoms with Crippen LogP contribution in [0.15, 0.2) is 47.4 Å². The lowest BCUT2D eigenvalue weighted by molar-refractivity contribution is -0.137. The maximum absolute atomic E-state index is 13.3. The van der Waals surface area contributed by atoms with E-state index in [0.29, 0.717) is 9.80 Å². The Kier molecular flexibility index (Phi) is 3.68. The van der Waals surface area contributed by atoms with Gasteiger partial charge in [0.05, 0.1) is 22.4 Å². The average Bonchev–Trinajstić information content (AvgIpc) is 2.78. The number of amides is 2. The number of fused-ring (bicyclic) bond motifs is 1. The zero-order valence-corrected chi connectivity index (χ0v) is 12.7. The number of nitrogens with zero attached hydrogens (tertiary/aromatic N) is 1. The molecule has 0 fully saturated rings. The summed E-state index contributed by atoms with van der Waals surface area (Å²) in [7, 11) is 0. The lowest BCUT2D eigenvalue weighted by atomic mass is 10.1. The maximum Gasteiger partial charge on any atom is 0.418 e. The molecule has 0 spiro atoms. The van der Waals surface area contributed by atoms with Gasteiger partial charge in [0.25, 0.3) is 11.8 Å². The quantitative estimate of drug-likeness (QED) is 0.608. The molecule has 3 rings (SSSR count). The number of carbonyl (C=O) groups excluding carboxylic acids is 2. The Morgan fingerprint density at radius 2 is 1.52 bits per heavy atom. The Balaban J connectivity index is 2.17. The van der Waals surface area contributed by atoms with Gasteiger partial charge >= 0.3 is 6.18 Å². The van der Waals surface area contributed by atoms with Crippen LogP contribution in [0.1, 0.15) is 26.3 Å². The van der Waals surface area contributed by atoms with Crippen molar-refractivity contribution in [3.05, 3.63) is 59.2 Å². The van der Waals surface area contributed by atoms with E-state index in [0.717, 1.165) is 23.9 Å². The highest BCUT2D eigenvalue weighted by atomic mass is 32.2. The van der Waals surface area contributed by atoms with E-state index in [1.54, 1.807) is 18.4 Å². The van der Waals surface area contributed by atoms with Crippen LogP contribution in [0.3, 0.4) is 0 Å². The van der Waals surface area contributed by atoms with Gasteiger partial charge in [-0.2, -0.15) is 13.2 Å². The minimum atomic E-state index is -4.67. The first-order chi connectivity index (χ1) is 10.8. The highest BCUT2D eigenvalue weighted by Gasteiger charge is 2.42. The van der Waals surface area contributed by atoms with Crippen molar-refractivity contribution < 1.29 is 22.8 Å². The van der Waals surface area contributed by atoms with Gasteiger partial charge in [0.15, 0.2) is 0 Å². The molecule has 3 nitrogen and oxygen atoms in total. The van der Waals surface area contributed by atoms with Crippen LogP contribution in [-0.4, -0.2) is 18.1 Å². The minimum Gasteiger partial charge on any atom is -0.268 e. The third-order valence-electron chi connectivity index (χ3n) is 3.54. The maximum atomic E-state index is 13.3. The van der Waals surface area contributed by atoms with E-state index < -0.39 is 29.2 Å². The first kappa shape index (κ1) is 15.6. The molecule has 2 amide bonds. The number of benzene rings is 2. The van der Waals surface area contributed by atoms with Crippen molar-refractivity contribution in [1.29, 1.82) is 0 Å². The molecule has 7 heteroatoms. The fourth-order valence-electron chi connectivity index (χ4n) is 2.47. The van der Waals surface area contributed by atoms with Crippen LogP contribution in [0.25, 0.3) is 0 Å². The molecule has 0 bridgehead atoms. The van der Waals surface area contributed by atoms with Crippen LogP contribution in [0, 0.1) is 0 Å². The summed E-state index contributed by atoms with van der Waals surface area (Å²) in [5.74, 6) is -1.49. The second-order valence-electron chi connectivity index (χ2n) is 4.87. The van der Waals surface area contributed by atoms with E-state index in [4.69, 9.17) is 0 Å². The molecule has 0 aromatic heterocycles. The molecule has 0 saturated heterocycles. The molecule has 1 aliphatic heterocycles. The predicted molar refractivity (Wildman–Crippen MR) is 80.8 cm³/mol. The molecule has 23 heavy (non-hydrogen) atoms. The number of halogens is 3. The molecule has 0 atom stereocenters. The number of carbonyl (C=O) groups is 2. The van der Waals surface area contributed by atoms with Gasteiger partial charge in [0, 0.05) is 4.90 Å². The molecule has 0 saturated carbocycles. The SMILES string of the molecule is CSc1ccc(N2C(=O)c3ccccc3C2=O)c(C(F)(F)F)c1. The van der Waals surface area contributed by atoms with Crippen LogP contribution < -0.4 is 4.90 Å². The third kappa shape index (κ3) is 2.50. The number of alkyl halides is 3. The monoisotopic (exact) mass is 337 g/mol. The van der Waals surface area contributed by atoms with Gasteiger partial charge < -0.3 is 0 Å². The highest BCUT2D eigenvalue weighted by molar-refractivity contribution is 7.98. The van der Waals surface area contributed by atoms with Gasteiger partial charge in [0.2, 0.25) is 0 Å². The standard InChI is InChI=1S/C16H10F3NO2S/c1-23-9-6-7-13(12(8-9)16(17,18)19)20-14(21)10-4-2-3-5-11(10)15(20)22/h2-8H,1H3. The van der Waals surface area contributed by atoms with Crippen molar-refractivity contribution in [2.24, 2.45) is 0 Å². The molecular weight excluding hydrogens is 327 g/mol. The molecule has 1 heterocycles. The van der Waals surface area contributed by atoms with Gasteiger partial charge in [-0.25, -0.2) is 4.90 Å². The van der Waals surface area contributed by atoms with Gasteiger partial charge in [-0.1, -0.05) is 12.1 Å². The molecule has 0 N–H and O–H groups in total. The summed E-state index contributed by atoms with van der Waals surface area (Å²) in [6.07, 6.45) is -3.02. The topological polar surface area (TPSA) is 37.4 Å². The lowest BCUT2D eigenvalue weighted by Gasteiger charge is -2.20. The number of imide groups is 1. The first-order valence-corrected chi connectivity index (χ1v) is 7.80. The fourth-order valence-corrected chi connectivity index (χ4v) is 2.91. The average molecular weight is 337 g/mol. The van der Waals surface area contributed by atoms with Crippen LogP contribution in [-0.2, 0) is 6.18 Å². The second kappa shape index (κ2) is 5.42. The highest BCUT2D eigenvalue weighted by Crippen LogP contribution is 2.41. The summed E-state index contributed by atoms with van der Waals surface area (Å²) in [6.45, 7) is 0. The fraction of sp³-hybridized carbons (Fsp3) is 0.125. The Morgan fingerprint density at radius 1 is 0.957 bits per heavy atom. The van der Waals surface area contributed by atoms with E-state index in [9.17, 15) is 22.8 Å². The van der Waals surface area contributed by atoms with Gasteiger partial charge in [-0.3, -0.25) is 9.59 Å². The van der Waals surface area contributed by atoms with E-state index in [1.807, 2.05) is 0 Å². The largest absolute Gasteiger partial charge is 0.418 e. The normalized spacial score (nSPS) is 14.3. The molecule has 118 valence electrons. The Bertz CT molecular complexity index is 782. The van der Waals surface area contributed by atoms with Gasteiger partial charge in [-0.15, -0.1) is 11.8 Å². The zero-order chi connectivity index (χ0) is 16.8. The number of rotatable bonds is 2.